The Balaban J connectivity index is 0.000000886. The number of terminal acetylenes is 1. The van der Waals surface area contributed by atoms with E-state index in [0.717, 1.165) is 47.9 Å². The van der Waals surface area contributed by atoms with E-state index in [4.69, 9.17) is 21.3 Å². The van der Waals surface area contributed by atoms with Crippen molar-refractivity contribution < 1.29 is 24.6 Å². The number of rotatable bonds is 6. The Labute approximate surface area is 216 Å². The van der Waals surface area contributed by atoms with Crippen LogP contribution in [0.4, 0.5) is 21.2 Å². The lowest BCUT2D eigenvalue weighted by Crippen LogP contribution is -2.39. The van der Waals surface area contributed by atoms with Crippen molar-refractivity contribution in [1.82, 2.24) is 19.9 Å². The molecule has 3 aromatic heterocycles. The Kier molecular flexibility index (Phi) is 8.95. The van der Waals surface area contributed by atoms with Gasteiger partial charge in [0.25, 0.3) is 0 Å². The average Bonchev–Trinajstić information content (AvgIpc) is 3.56. The number of amides is 3. The second-order valence-electron chi connectivity index (χ2n) is 7.85. The maximum atomic E-state index is 12.6. The summed E-state index contributed by atoms with van der Waals surface area (Å²) in [7, 11) is 1.39. The van der Waals surface area contributed by atoms with Gasteiger partial charge in [0.05, 0.1) is 11.4 Å². The summed E-state index contributed by atoms with van der Waals surface area (Å²) in [5.41, 5.74) is 5.77. The van der Waals surface area contributed by atoms with Crippen LogP contribution in [0, 0.1) is 12.3 Å². The van der Waals surface area contributed by atoms with Gasteiger partial charge in [-0.25, -0.2) is 24.4 Å². The van der Waals surface area contributed by atoms with Crippen LogP contribution in [0.2, 0.25) is 0 Å². The number of carboxylic acid groups (broad SMARTS) is 2. The second-order valence-corrected chi connectivity index (χ2v) is 8.71. The predicted octanol–water partition coefficient (Wildman–Crippen LogP) is 3.09. The lowest BCUT2D eigenvalue weighted by atomic mass is 10.1. The van der Waals surface area contributed by atoms with Crippen molar-refractivity contribution in [2.45, 2.75) is 18.9 Å². The number of aromatic nitrogens is 3. The summed E-state index contributed by atoms with van der Waals surface area (Å²) < 4.78 is 0. The zero-order valence-electron chi connectivity index (χ0n) is 19.9. The molecule has 0 aromatic carbocycles. The van der Waals surface area contributed by atoms with Crippen LogP contribution in [0.1, 0.15) is 29.6 Å². The molecule has 12 nitrogen and oxygen atoms in total. The summed E-state index contributed by atoms with van der Waals surface area (Å²) in [6.45, 7) is 1.99. The molecule has 5 N–H and O–H groups in total. The normalized spacial score (nSPS) is 13.0. The highest BCUT2D eigenvalue weighted by atomic mass is 32.1. The van der Waals surface area contributed by atoms with Crippen LogP contribution < -0.4 is 16.0 Å². The fourth-order valence-electron chi connectivity index (χ4n) is 3.63. The maximum absolute atomic E-state index is 12.6. The molecular weight excluding hydrogens is 498 g/mol. The molecular formula is C24H25N7O5S. The van der Waals surface area contributed by atoms with Gasteiger partial charge in [-0.2, -0.15) is 0 Å². The summed E-state index contributed by atoms with van der Waals surface area (Å²) in [6, 6.07) is 7.27. The van der Waals surface area contributed by atoms with Gasteiger partial charge >= 0.3 is 18.1 Å². The average molecular weight is 524 g/mol. The molecule has 0 unspecified atom stereocenters. The van der Waals surface area contributed by atoms with Gasteiger partial charge in [0.2, 0.25) is 0 Å². The first kappa shape index (κ1) is 26.9. The number of pyridine rings is 2. The Bertz CT molecular complexity index is 1300. The number of carbonyl (C=O) groups excluding carboxylic acids is 1. The molecule has 0 radical (unpaired) electrons. The largest absolute Gasteiger partial charge is 0.479 e. The number of hydrogen-bond donors (Lipinski definition) is 4. The van der Waals surface area contributed by atoms with E-state index in [1.165, 1.54) is 18.4 Å². The van der Waals surface area contributed by atoms with E-state index in [1.54, 1.807) is 23.7 Å². The van der Waals surface area contributed by atoms with Gasteiger partial charge in [-0.3, -0.25) is 10.3 Å². The fourth-order valence-corrected chi connectivity index (χ4v) is 4.18. The van der Waals surface area contributed by atoms with E-state index in [2.05, 4.69) is 31.8 Å². The third kappa shape index (κ3) is 7.15. The van der Waals surface area contributed by atoms with Crippen molar-refractivity contribution in [1.29, 1.82) is 0 Å². The SMILES string of the molecule is C#Cc1nc(NC(=O)N(C)[C@@H](C(=O)O)c2ccc(-c3cccc(N4CCCC4)n3)cn2)cs1.NC(=O)O. The van der Waals surface area contributed by atoms with E-state index >= 15 is 0 Å². The van der Waals surface area contributed by atoms with Gasteiger partial charge < -0.3 is 25.7 Å². The second kappa shape index (κ2) is 12.3. The number of hydrogen-bond acceptors (Lipinski definition) is 8. The van der Waals surface area contributed by atoms with Crippen molar-refractivity contribution in [3.8, 4) is 23.6 Å². The first-order chi connectivity index (χ1) is 17.7. The van der Waals surface area contributed by atoms with Gasteiger partial charge in [0, 0.05) is 37.3 Å². The summed E-state index contributed by atoms with van der Waals surface area (Å²) in [4.78, 5) is 49.8. The third-order valence-corrected chi connectivity index (χ3v) is 6.10. The molecule has 0 spiro atoms. The third-order valence-electron chi connectivity index (χ3n) is 5.33. The molecule has 13 heteroatoms. The van der Waals surface area contributed by atoms with E-state index in [9.17, 15) is 14.7 Å². The van der Waals surface area contributed by atoms with E-state index in [0.29, 0.717) is 5.01 Å². The number of nitrogens with zero attached hydrogens (tertiary/aromatic N) is 5. The molecule has 37 heavy (non-hydrogen) atoms. The first-order valence-electron chi connectivity index (χ1n) is 11.0. The van der Waals surface area contributed by atoms with Gasteiger partial charge in [0.1, 0.15) is 11.6 Å². The summed E-state index contributed by atoms with van der Waals surface area (Å²) >= 11 is 1.20. The van der Waals surface area contributed by atoms with Crippen molar-refractivity contribution in [3.63, 3.8) is 0 Å². The number of aliphatic carboxylic acids is 1. The monoisotopic (exact) mass is 523 g/mol. The highest BCUT2D eigenvalue weighted by Gasteiger charge is 2.30. The number of primary amides is 1. The minimum Gasteiger partial charge on any atom is -0.479 e. The van der Waals surface area contributed by atoms with Crippen LogP contribution in [0.5, 0.6) is 0 Å². The van der Waals surface area contributed by atoms with Crippen LogP contribution in [-0.4, -0.2) is 68.3 Å². The number of carboxylic acids is 1. The maximum Gasteiger partial charge on any atom is 0.402 e. The number of anilines is 2. The highest BCUT2D eigenvalue weighted by molar-refractivity contribution is 7.10. The smallest absolute Gasteiger partial charge is 0.402 e. The van der Waals surface area contributed by atoms with Crippen molar-refractivity contribution in [2.75, 3.05) is 30.4 Å². The Morgan fingerprint density at radius 2 is 1.89 bits per heavy atom. The van der Waals surface area contributed by atoms with Crippen molar-refractivity contribution in [3.05, 3.63) is 52.6 Å². The van der Waals surface area contributed by atoms with Gasteiger partial charge in [-0.1, -0.05) is 6.07 Å². The Morgan fingerprint density at radius 3 is 2.46 bits per heavy atom. The number of urea groups is 1. The van der Waals surface area contributed by atoms with Crippen LogP contribution >= 0.6 is 11.3 Å². The molecule has 3 aromatic rings. The van der Waals surface area contributed by atoms with Gasteiger partial charge in [-0.15, -0.1) is 17.8 Å². The van der Waals surface area contributed by atoms with Crippen LogP contribution in [0.15, 0.2) is 41.9 Å². The quantitative estimate of drug-likeness (QED) is 0.354. The Hall–Kier alpha value is -4.70. The van der Waals surface area contributed by atoms with Crippen LogP contribution in [0.3, 0.4) is 0 Å². The van der Waals surface area contributed by atoms with Crippen LogP contribution in [0.25, 0.3) is 11.3 Å². The topological polar surface area (TPSA) is 175 Å². The van der Waals surface area contributed by atoms with E-state index in [1.807, 2.05) is 18.2 Å². The summed E-state index contributed by atoms with van der Waals surface area (Å²) in [5, 5.41) is 21.5. The molecule has 3 amide bonds. The minimum absolute atomic E-state index is 0.224. The van der Waals surface area contributed by atoms with Crippen molar-refractivity contribution >= 4 is 41.1 Å². The predicted molar refractivity (Wildman–Crippen MR) is 138 cm³/mol. The lowest BCUT2D eigenvalue weighted by Gasteiger charge is -2.24. The zero-order valence-corrected chi connectivity index (χ0v) is 20.7. The molecule has 0 saturated carbocycles. The molecule has 1 aliphatic rings. The van der Waals surface area contributed by atoms with Gasteiger partial charge in [0.15, 0.2) is 11.0 Å². The molecule has 1 atom stereocenters. The minimum atomic E-state index is -1.33. The number of thiazole rings is 1. The number of nitrogens with two attached hydrogens (primary N) is 1. The lowest BCUT2D eigenvalue weighted by molar-refractivity contribution is -0.142. The number of nitrogens with one attached hydrogen (secondary N) is 1. The van der Waals surface area contributed by atoms with E-state index < -0.39 is 24.1 Å². The first-order valence-corrected chi connectivity index (χ1v) is 11.9. The number of carbonyl (C=O) groups is 3. The van der Waals surface area contributed by atoms with E-state index in [-0.39, 0.29) is 11.5 Å². The molecule has 1 saturated heterocycles. The van der Waals surface area contributed by atoms with Crippen LogP contribution in [-0.2, 0) is 4.79 Å². The summed E-state index contributed by atoms with van der Waals surface area (Å²) in [5.74, 6) is 2.37. The summed E-state index contributed by atoms with van der Waals surface area (Å²) in [6.07, 6.45) is 7.86. The van der Waals surface area contributed by atoms with Gasteiger partial charge in [-0.05, 0) is 43.0 Å². The number of likely N-dealkylation sites (N-methyl/N-ethyl adjacent to an activating group) is 1. The molecule has 0 bridgehead atoms. The molecule has 0 aliphatic carbocycles. The highest BCUT2D eigenvalue weighted by Crippen LogP contribution is 2.25. The molecule has 4 rings (SSSR count). The Morgan fingerprint density at radius 1 is 1.19 bits per heavy atom. The molecule has 192 valence electrons. The standard InChI is InChI=1S/C23H22N6O3S.CH3NO2/c1-3-20-26-18(14-33-20)27-23(32)28(2)21(22(30)31)17-10-9-15(13-24-17)16-7-6-8-19(25-16)29-11-4-5-12-29;2-1(3)4/h1,6-10,13-14,21H,4-5,11-12H2,2H3,(H,27,32)(H,30,31);2H2,(H,3,4)/t21-;/m1./s1. The van der Waals surface area contributed by atoms with Crippen molar-refractivity contribution in [2.24, 2.45) is 5.73 Å². The zero-order chi connectivity index (χ0) is 26.9. The fraction of sp³-hybridized carbons (Fsp3) is 0.250. The molecule has 4 heterocycles. The molecule has 1 aliphatic heterocycles. The molecule has 1 fully saturated rings.